The van der Waals surface area contributed by atoms with Crippen molar-refractivity contribution in [3.8, 4) is 0 Å². The Morgan fingerprint density at radius 2 is 1.89 bits per heavy atom. The van der Waals surface area contributed by atoms with Crippen molar-refractivity contribution in [1.29, 1.82) is 0 Å². The van der Waals surface area contributed by atoms with E-state index in [1.807, 2.05) is 12.1 Å². The molecule has 2 aromatic carbocycles. The van der Waals surface area contributed by atoms with Gasteiger partial charge < -0.3 is 5.32 Å². The number of alkyl halides is 1. The van der Waals surface area contributed by atoms with Crippen LogP contribution >= 0.6 is 27.5 Å². The number of amides is 1. The lowest BCUT2D eigenvalue weighted by molar-refractivity contribution is 0.102. The average Bonchev–Trinajstić information content (AvgIpc) is 2.43. The number of rotatable bonds is 3. The van der Waals surface area contributed by atoms with Crippen LogP contribution in [0.3, 0.4) is 0 Å². The quantitative estimate of drug-likeness (QED) is 0.810. The van der Waals surface area contributed by atoms with Crippen molar-refractivity contribution >= 4 is 39.1 Å². The minimum atomic E-state index is -0.450. The molecule has 0 atom stereocenters. The standard InChI is InChI=1S/C14H10BrClFNO/c15-8-9-1-3-10(4-2-9)14(19)18-13-7-11(17)5-6-12(13)16/h1-7H,8H2,(H,18,19). The molecule has 0 saturated heterocycles. The summed E-state index contributed by atoms with van der Waals surface area (Å²) < 4.78 is 13.1. The van der Waals surface area contributed by atoms with Crippen LogP contribution in [0.15, 0.2) is 42.5 Å². The van der Waals surface area contributed by atoms with Gasteiger partial charge in [0.1, 0.15) is 5.82 Å². The SMILES string of the molecule is O=C(Nc1cc(F)ccc1Cl)c1ccc(CBr)cc1. The number of anilines is 1. The van der Waals surface area contributed by atoms with Gasteiger partial charge in [0, 0.05) is 10.9 Å². The third kappa shape index (κ3) is 3.55. The number of hydrogen-bond acceptors (Lipinski definition) is 1. The fraction of sp³-hybridized carbons (Fsp3) is 0.0714. The first-order chi connectivity index (χ1) is 9.10. The maximum Gasteiger partial charge on any atom is 0.255 e. The molecule has 0 aliphatic rings. The number of halogens is 3. The highest BCUT2D eigenvalue weighted by Crippen LogP contribution is 2.23. The Bertz CT molecular complexity index is 601. The highest BCUT2D eigenvalue weighted by Gasteiger charge is 2.09. The smallest absolute Gasteiger partial charge is 0.255 e. The molecule has 1 amide bonds. The minimum Gasteiger partial charge on any atom is -0.321 e. The van der Waals surface area contributed by atoms with Crippen molar-refractivity contribution in [2.45, 2.75) is 5.33 Å². The van der Waals surface area contributed by atoms with E-state index < -0.39 is 5.82 Å². The number of nitrogens with one attached hydrogen (secondary N) is 1. The van der Waals surface area contributed by atoms with Crippen LogP contribution in [0.25, 0.3) is 0 Å². The molecule has 5 heteroatoms. The van der Waals surface area contributed by atoms with E-state index in [0.29, 0.717) is 10.6 Å². The van der Waals surface area contributed by atoms with Crippen molar-refractivity contribution in [1.82, 2.24) is 0 Å². The molecule has 0 saturated carbocycles. The van der Waals surface area contributed by atoms with Crippen molar-refractivity contribution in [2.75, 3.05) is 5.32 Å². The fourth-order valence-corrected chi connectivity index (χ4v) is 2.07. The van der Waals surface area contributed by atoms with Crippen LogP contribution in [-0.4, -0.2) is 5.91 Å². The van der Waals surface area contributed by atoms with Crippen LogP contribution in [0.4, 0.5) is 10.1 Å². The number of carbonyl (C=O) groups is 1. The van der Waals surface area contributed by atoms with E-state index in [1.54, 1.807) is 12.1 Å². The minimum absolute atomic E-state index is 0.260. The number of hydrogen-bond donors (Lipinski definition) is 1. The number of benzene rings is 2. The third-order valence-corrected chi connectivity index (χ3v) is 3.52. The van der Waals surface area contributed by atoms with Crippen molar-refractivity contribution in [3.63, 3.8) is 0 Å². The fourth-order valence-electron chi connectivity index (χ4n) is 1.53. The highest BCUT2D eigenvalue weighted by atomic mass is 79.9. The molecule has 0 heterocycles. The maximum atomic E-state index is 13.1. The van der Waals surface area contributed by atoms with Gasteiger partial charge >= 0.3 is 0 Å². The molecule has 0 unspecified atom stereocenters. The summed E-state index contributed by atoms with van der Waals surface area (Å²) in [6.07, 6.45) is 0. The van der Waals surface area contributed by atoms with Crippen molar-refractivity contribution in [2.24, 2.45) is 0 Å². The van der Waals surface area contributed by atoms with E-state index >= 15 is 0 Å². The molecular weight excluding hydrogens is 333 g/mol. The first-order valence-corrected chi connectivity index (χ1v) is 7.01. The molecule has 1 N–H and O–H groups in total. The lowest BCUT2D eigenvalue weighted by Gasteiger charge is -2.07. The average molecular weight is 343 g/mol. The predicted octanol–water partition coefficient (Wildman–Crippen LogP) is 4.63. The second-order valence-electron chi connectivity index (χ2n) is 3.91. The van der Waals surface area contributed by atoms with Gasteiger partial charge in [-0.25, -0.2) is 4.39 Å². The van der Waals surface area contributed by atoms with Crippen LogP contribution in [0, 0.1) is 5.82 Å². The molecule has 19 heavy (non-hydrogen) atoms. The Morgan fingerprint density at radius 3 is 2.53 bits per heavy atom. The first kappa shape index (κ1) is 14.0. The summed E-state index contributed by atoms with van der Waals surface area (Å²) >= 11 is 9.22. The molecule has 2 nitrogen and oxygen atoms in total. The Kier molecular flexibility index (Phi) is 4.56. The normalized spacial score (nSPS) is 10.3. The Hall–Kier alpha value is -1.39. The van der Waals surface area contributed by atoms with Gasteiger partial charge in [0.05, 0.1) is 10.7 Å². The molecule has 0 fully saturated rings. The summed E-state index contributed by atoms with van der Waals surface area (Å²) in [4.78, 5) is 12.0. The van der Waals surface area contributed by atoms with E-state index in [2.05, 4.69) is 21.2 Å². The van der Waals surface area contributed by atoms with Crippen LogP contribution < -0.4 is 5.32 Å². The number of carbonyl (C=O) groups excluding carboxylic acids is 1. The molecule has 2 aromatic rings. The largest absolute Gasteiger partial charge is 0.321 e. The van der Waals surface area contributed by atoms with Crippen LogP contribution in [0.1, 0.15) is 15.9 Å². The Balaban J connectivity index is 2.18. The topological polar surface area (TPSA) is 29.1 Å². The van der Waals surface area contributed by atoms with Gasteiger partial charge in [-0.3, -0.25) is 4.79 Å². The van der Waals surface area contributed by atoms with E-state index in [9.17, 15) is 9.18 Å². The van der Waals surface area contributed by atoms with Gasteiger partial charge in [-0.1, -0.05) is 39.7 Å². The molecular formula is C14H10BrClFNO. The molecule has 0 aliphatic carbocycles. The van der Waals surface area contributed by atoms with Crippen molar-refractivity contribution < 1.29 is 9.18 Å². The summed E-state index contributed by atoms with van der Waals surface area (Å²) in [5.41, 5.74) is 1.82. The van der Waals surface area contributed by atoms with Gasteiger partial charge in [-0.15, -0.1) is 0 Å². The zero-order chi connectivity index (χ0) is 13.8. The molecule has 0 bridgehead atoms. The second-order valence-corrected chi connectivity index (χ2v) is 4.88. The third-order valence-electron chi connectivity index (χ3n) is 2.55. The summed E-state index contributed by atoms with van der Waals surface area (Å²) in [7, 11) is 0. The van der Waals surface area contributed by atoms with Gasteiger partial charge in [-0.2, -0.15) is 0 Å². The van der Waals surface area contributed by atoms with E-state index in [0.717, 1.165) is 10.9 Å². The van der Waals surface area contributed by atoms with Crippen molar-refractivity contribution in [3.05, 3.63) is 64.4 Å². The maximum absolute atomic E-state index is 13.1. The van der Waals surface area contributed by atoms with Crippen LogP contribution in [-0.2, 0) is 5.33 Å². The summed E-state index contributed by atoms with van der Waals surface area (Å²) in [6, 6.07) is 10.9. The predicted molar refractivity (Wildman–Crippen MR) is 78.4 cm³/mol. The zero-order valence-corrected chi connectivity index (χ0v) is 12.1. The van der Waals surface area contributed by atoms with E-state index in [-0.39, 0.29) is 11.6 Å². The molecule has 2 rings (SSSR count). The summed E-state index contributed by atoms with van der Waals surface area (Å²) in [5.74, 6) is -0.775. The Morgan fingerprint density at radius 1 is 1.21 bits per heavy atom. The van der Waals surface area contributed by atoms with E-state index in [1.165, 1.54) is 18.2 Å². The zero-order valence-electron chi connectivity index (χ0n) is 9.79. The second kappa shape index (κ2) is 6.17. The van der Waals surface area contributed by atoms with Gasteiger partial charge in [0.2, 0.25) is 0 Å². The molecule has 98 valence electrons. The van der Waals surface area contributed by atoms with Gasteiger partial charge in [-0.05, 0) is 35.9 Å². The summed E-state index contributed by atoms with van der Waals surface area (Å²) in [6.45, 7) is 0. The molecule has 0 aromatic heterocycles. The van der Waals surface area contributed by atoms with E-state index in [4.69, 9.17) is 11.6 Å². The van der Waals surface area contributed by atoms with Crippen LogP contribution in [0.5, 0.6) is 0 Å². The van der Waals surface area contributed by atoms with Gasteiger partial charge in [0.25, 0.3) is 5.91 Å². The lowest BCUT2D eigenvalue weighted by Crippen LogP contribution is -2.12. The highest BCUT2D eigenvalue weighted by molar-refractivity contribution is 9.08. The van der Waals surface area contributed by atoms with Gasteiger partial charge in [0.15, 0.2) is 0 Å². The van der Waals surface area contributed by atoms with Crippen LogP contribution in [0.2, 0.25) is 5.02 Å². The first-order valence-electron chi connectivity index (χ1n) is 5.51. The molecule has 0 spiro atoms. The molecule has 0 radical (unpaired) electrons. The summed E-state index contributed by atoms with van der Waals surface area (Å²) in [5, 5.41) is 3.61. The monoisotopic (exact) mass is 341 g/mol. The Labute approximate surface area is 123 Å². The molecule has 0 aliphatic heterocycles. The lowest BCUT2D eigenvalue weighted by atomic mass is 10.1.